The lowest BCUT2D eigenvalue weighted by Gasteiger charge is -2.38. The fraction of sp³-hybridized carbons (Fsp3) is 0.500. The molecule has 1 aliphatic heterocycles. The monoisotopic (exact) mass is 248 g/mol. The van der Waals surface area contributed by atoms with Gasteiger partial charge in [-0.2, -0.15) is 5.26 Å². The summed E-state index contributed by atoms with van der Waals surface area (Å²) in [6, 6.07) is 8.97. The first kappa shape index (κ1) is 13.0. The molecule has 1 saturated heterocycles. The molecule has 4 heteroatoms. The van der Waals surface area contributed by atoms with Gasteiger partial charge in [-0.25, -0.2) is 4.39 Å². The highest BCUT2D eigenvalue weighted by Crippen LogP contribution is 2.23. The number of hydrogen-bond acceptors (Lipinski definition) is 3. The van der Waals surface area contributed by atoms with Gasteiger partial charge >= 0.3 is 0 Å². The van der Waals surface area contributed by atoms with Crippen LogP contribution in [0.15, 0.2) is 24.3 Å². The van der Waals surface area contributed by atoms with Gasteiger partial charge in [0.05, 0.1) is 19.3 Å². The number of ether oxygens (including phenoxy) is 1. The Bertz CT molecular complexity index is 451. The summed E-state index contributed by atoms with van der Waals surface area (Å²) in [6.45, 7) is 4.57. The fourth-order valence-electron chi connectivity index (χ4n) is 2.29. The van der Waals surface area contributed by atoms with Gasteiger partial charge in [0, 0.05) is 19.5 Å². The van der Waals surface area contributed by atoms with E-state index in [1.807, 2.05) is 6.92 Å². The van der Waals surface area contributed by atoms with Crippen molar-refractivity contribution in [2.75, 3.05) is 26.3 Å². The summed E-state index contributed by atoms with van der Waals surface area (Å²) in [4.78, 5) is 2.07. The second-order valence-electron chi connectivity index (χ2n) is 4.75. The molecule has 18 heavy (non-hydrogen) atoms. The minimum Gasteiger partial charge on any atom is -0.379 e. The van der Waals surface area contributed by atoms with Crippen LogP contribution in [0.25, 0.3) is 0 Å². The Balaban J connectivity index is 2.18. The third-order valence-corrected chi connectivity index (χ3v) is 3.44. The highest BCUT2D eigenvalue weighted by molar-refractivity contribution is 5.23. The Morgan fingerprint density at radius 3 is 2.67 bits per heavy atom. The van der Waals surface area contributed by atoms with Gasteiger partial charge in [0.2, 0.25) is 0 Å². The molecule has 0 spiro atoms. The second kappa shape index (κ2) is 5.47. The molecule has 0 aliphatic carbocycles. The highest BCUT2D eigenvalue weighted by atomic mass is 19.1. The number of halogens is 1. The maximum atomic E-state index is 13.7. The van der Waals surface area contributed by atoms with E-state index < -0.39 is 5.54 Å². The van der Waals surface area contributed by atoms with E-state index in [4.69, 9.17) is 4.74 Å². The summed E-state index contributed by atoms with van der Waals surface area (Å²) in [5.74, 6) is -0.243. The lowest BCUT2D eigenvalue weighted by Crippen LogP contribution is -2.52. The summed E-state index contributed by atoms with van der Waals surface area (Å²) in [5.41, 5.74) is -0.0839. The van der Waals surface area contributed by atoms with E-state index in [2.05, 4.69) is 11.0 Å². The number of nitrogens with zero attached hydrogens (tertiary/aromatic N) is 2. The van der Waals surface area contributed by atoms with Crippen LogP contribution in [0.4, 0.5) is 4.39 Å². The highest BCUT2D eigenvalue weighted by Gasteiger charge is 2.33. The topological polar surface area (TPSA) is 36.3 Å². The average molecular weight is 248 g/mol. The molecule has 1 aromatic carbocycles. The van der Waals surface area contributed by atoms with E-state index in [0.29, 0.717) is 25.2 Å². The molecule has 0 amide bonds. The fourth-order valence-corrected chi connectivity index (χ4v) is 2.29. The molecule has 3 nitrogen and oxygen atoms in total. The predicted molar refractivity (Wildman–Crippen MR) is 66.5 cm³/mol. The maximum Gasteiger partial charge on any atom is 0.126 e. The van der Waals surface area contributed by atoms with E-state index >= 15 is 0 Å². The molecule has 0 bridgehead atoms. The van der Waals surface area contributed by atoms with Gasteiger partial charge in [0.25, 0.3) is 0 Å². The molecular formula is C14H17FN2O. The minimum absolute atomic E-state index is 0.243. The summed E-state index contributed by atoms with van der Waals surface area (Å²) >= 11 is 0. The quantitative estimate of drug-likeness (QED) is 0.820. The van der Waals surface area contributed by atoms with Crippen LogP contribution in [0.5, 0.6) is 0 Å². The van der Waals surface area contributed by atoms with Gasteiger partial charge < -0.3 is 4.74 Å². The van der Waals surface area contributed by atoms with Crippen molar-refractivity contribution in [3.05, 3.63) is 35.6 Å². The molecule has 2 rings (SSSR count). The molecule has 1 fully saturated rings. The van der Waals surface area contributed by atoms with E-state index in [1.54, 1.807) is 18.2 Å². The predicted octanol–water partition coefficient (Wildman–Crippen LogP) is 1.98. The molecule has 0 aromatic heterocycles. The van der Waals surface area contributed by atoms with Crippen molar-refractivity contribution in [2.45, 2.75) is 18.9 Å². The molecule has 1 atom stereocenters. The summed E-state index contributed by atoms with van der Waals surface area (Å²) < 4.78 is 19.0. The Kier molecular flexibility index (Phi) is 3.95. The molecule has 1 heterocycles. The first-order valence-corrected chi connectivity index (χ1v) is 6.13. The Labute approximate surface area is 107 Å². The molecule has 1 unspecified atom stereocenters. The second-order valence-corrected chi connectivity index (χ2v) is 4.75. The third kappa shape index (κ3) is 2.69. The largest absolute Gasteiger partial charge is 0.379 e. The van der Waals surface area contributed by atoms with Crippen LogP contribution in [0, 0.1) is 17.1 Å². The molecule has 0 radical (unpaired) electrons. The average Bonchev–Trinajstić information content (AvgIpc) is 2.42. The van der Waals surface area contributed by atoms with Crippen molar-refractivity contribution < 1.29 is 9.13 Å². The van der Waals surface area contributed by atoms with Crippen molar-refractivity contribution in [3.63, 3.8) is 0 Å². The Morgan fingerprint density at radius 2 is 2.06 bits per heavy atom. The molecule has 0 N–H and O–H groups in total. The van der Waals surface area contributed by atoms with Gasteiger partial charge in [-0.15, -0.1) is 0 Å². The molecule has 96 valence electrons. The lowest BCUT2D eigenvalue weighted by atomic mass is 9.91. The first-order chi connectivity index (χ1) is 8.65. The zero-order chi connectivity index (χ0) is 13.0. The Hall–Kier alpha value is -1.44. The third-order valence-electron chi connectivity index (χ3n) is 3.44. The van der Waals surface area contributed by atoms with Crippen LogP contribution in [-0.2, 0) is 11.2 Å². The zero-order valence-electron chi connectivity index (χ0n) is 10.5. The SMILES string of the molecule is CC(C#N)(Cc1ccccc1F)N1CCOCC1. The van der Waals surface area contributed by atoms with Crippen LogP contribution in [0.3, 0.4) is 0 Å². The first-order valence-electron chi connectivity index (χ1n) is 6.13. The lowest BCUT2D eigenvalue weighted by molar-refractivity contribution is 0.00170. The van der Waals surface area contributed by atoms with Crippen LogP contribution in [0.1, 0.15) is 12.5 Å². The number of morpholine rings is 1. The molecule has 0 saturated carbocycles. The summed E-state index contributed by atoms with van der Waals surface area (Å²) in [7, 11) is 0. The number of rotatable bonds is 3. The number of hydrogen-bond donors (Lipinski definition) is 0. The van der Waals surface area contributed by atoms with Crippen molar-refractivity contribution in [1.82, 2.24) is 4.90 Å². The van der Waals surface area contributed by atoms with Gasteiger partial charge in [-0.1, -0.05) is 18.2 Å². The summed E-state index contributed by atoms with van der Waals surface area (Å²) in [5, 5.41) is 9.43. The summed E-state index contributed by atoms with van der Waals surface area (Å²) in [6.07, 6.45) is 0.399. The molecular weight excluding hydrogens is 231 g/mol. The van der Waals surface area contributed by atoms with Gasteiger partial charge in [0.15, 0.2) is 0 Å². The normalized spacial score (nSPS) is 20.1. The van der Waals surface area contributed by atoms with E-state index in [1.165, 1.54) is 6.07 Å². The van der Waals surface area contributed by atoms with Crippen LogP contribution >= 0.6 is 0 Å². The van der Waals surface area contributed by atoms with Crippen LogP contribution in [0.2, 0.25) is 0 Å². The standard InChI is InChI=1S/C14H17FN2O/c1-14(11-16,17-6-8-18-9-7-17)10-12-4-2-3-5-13(12)15/h2-5H,6-10H2,1H3. The number of nitriles is 1. The van der Waals surface area contributed by atoms with E-state index in [9.17, 15) is 9.65 Å². The molecule has 1 aliphatic rings. The Morgan fingerprint density at radius 1 is 1.39 bits per heavy atom. The minimum atomic E-state index is -0.675. The van der Waals surface area contributed by atoms with Crippen LogP contribution < -0.4 is 0 Å². The van der Waals surface area contributed by atoms with Crippen molar-refractivity contribution in [2.24, 2.45) is 0 Å². The van der Waals surface area contributed by atoms with E-state index in [0.717, 1.165) is 13.1 Å². The van der Waals surface area contributed by atoms with Crippen molar-refractivity contribution in [3.8, 4) is 6.07 Å². The zero-order valence-corrected chi connectivity index (χ0v) is 10.5. The van der Waals surface area contributed by atoms with Crippen molar-refractivity contribution in [1.29, 1.82) is 5.26 Å². The van der Waals surface area contributed by atoms with E-state index in [-0.39, 0.29) is 5.82 Å². The van der Waals surface area contributed by atoms with Gasteiger partial charge in [-0.3, -0.25) is 4.90 Å². The smallest absolute Gasteiger partial charge is 0.126 e. The van der Waals surface area contributed by atoms with Crippen LogP contribution in [-0.4, -0.2) is 36.7 Å². The molecule has 1 aromatic rings. The van der Waals surface area contributed by atoms with Gasteiger partial charge in [0.1, 0.15) is 11.4 Å². The number of benzene rings is 1. The van der Waals surface area contributed by atoms with Crippen molar-refractivity contribution >= 4 is 0 Å². The van der Waals surface area contributed by atoms with Gasteiger partial charge in [-0.05, 0) is 18.6 Å². The maximum absolute atomic E-state index is 13.7.